The van der Waals surface area contributed by atoms with Crippen molar-refractivity contribution in [2.45, 2.75) is 13.8 Å². The second kappa shape index (κ2) is 7.61. The van der Waals surface area contributed by atoms with Crippen molar-refractivity contribution in [2.75, 3.05) is 6.66 Å². The highest BCUT2D eigenvalue weighted by Gasteiger charge is 2.20. The van der Waals surface area contributed by atoms with Crippen LogP contribution in [0.3, 0.4) is 0 Å². The number of benzene rings is 3. The minimum atomic E-state index is -1.97. The number of hydrogen-bond acceptors (Lipinski definition) is 2. The van der Waals surface area contributed by atoms with Crippen LogP contribution in [0.2, 0.25) is 0 Å². The van der Waals surface area contributed by atoms with E-state index in [0.717, 1.165) is 22.8 Å². The van der Waals surface area contributed by atoms with Crippen molar-refractivity contribution in [1.29, 1.82) is 0 Å². The first-order valence-corrected chi connectivity index (χ1v) is 11.6. The largest absolute Gasteiger partial charge is 0.256 e. The zero-order valence-electron chi connectivity index (χ0n) is 16.4. The van der Waals surface area contributed by atoms with E-state index in [2.05, 4.69) is 97.6 Å². The summed E-state index contributed by atoms with van der Waals surface area (Å²) < 4.78 is 7.40. The molecule has 3 aromatic carbocycles. The van der Waals surface area contributed by atoms with Crippen molar-refractivity contribution < 1.29 is 0 Å². The molecule has 0 aliphatic carbocycles. The summed E-state index contributed by atoms with van der Waals surface area (Å²) in [7, 11) is -1.97. The number of aromatic nitrogens is 2. The van der Waals surface area contributed by atoms with Crippen molar-refractivity contribution in [3.05, 3.63) is 102 Å². The van der Waals surface area contributed by atoms with Crippen molar-refractivity contribution in [3.63, 3.8) is 0 Å². The van der Waals surface area contributed by atoms with Gasteiger partial charge in [-0.1, -0.05) is 72.8 Å². The topological polar surface area (TPSA) is 30.2 Å². The maximum Gasteiger partial charge on any atom is 0.0904 e. The van der Waals surface area contributed by atoms with Crippen LogP contribution in [-0.2, 0) is 0 Å². The third-order valence-corrected chi connectivity index (χ3v) is 8.17. The van der Waals surface area contributed by atoms with Gasteiger partial charge in [-0.25, -0.2) is 4.68 Å². The van der Waals surface area contributed by atoms with Gasteiger partial charge in [0.2, 0.25) is 0 Å². The van der Waals surface area contributed by atoms with Crippen LogP contribution in [0, 0.1) is 13.8 Å². The first-order valence-electron chi connectivity index (χ1n) is 9.41. The summed E-state index contributed by atoms with van der Waals surface area (Å²) in [5.74, 6) is 0. The van der Waals surface area contributed by atoms with Crippen LogP contribution < -0.4 is 10.6 Å². The van der Waals surface area contributed by atoms with Crippen molar-refractivity contribution >= 4 is 23.4 Å². The van der Waals surface area contributed by atoms with Crippen LogP contribution in [0.4, 0.5) is 5.69 Å². The summed E-state index contributed by atoms with van der Waals surface area (Å²) in [5.41, 5.74) is 4.11. The lowest BCUT2D eigenvalue weighted by molar-refractivity contribution is 0.834. The standard InChI is InChI=1S/C24H24N3P/c1-19-18-20(2)27(25-19)24-17-11-10-16-23(24)26-28(3,21-12-6-4-7-13-21)22-14-8-5-9-15-22/h4-18H,1-3H3. The fraction of sp³-hybridized carbons (Fsp3) is 0.125. The van der Waals surface area contributed by atoms with Crippen molar-refractivity contribution in [3.8, 4) is 5.69 Å². The Labute approximate surface area is 166 Å². The third kappa shape index (κ3) is 3.46. The Morgan fingerprint density at radius 2 is 1.29 bits per heavy atom. The van der Waals surface area contributed by atoms with Gasteiger partial charge in [0.1, 0.15) is 0 Å². The van der Waals surface area contributed by atoms with Crippen LogP contribution in [-0.4, -0.2) is 16.4 Å². The molecule has 0 aliphatic rings. The van der Waals surface area contributed by atoms with Crippen LogP contribution in [0.15, 0.2) is 95.7 Å². The highest BCUT2D eigenvalue weighted by atomic mass is 31.2. The second-order valence-electron chi connectivity index (χ2n) is 7.06. The summed E-state index contributed by atoms with van der Waals surface area (Å²) in [6.45, 7) is 6.39. The molecule has 4 rings (SSSR count). The van der Waals surface area contributed by atoms with E-state index < -0.39 is 7.05 Å². The molecule has 0 unspecified atom stereocenters. The lowest BCUT2D eigenvalue weighted by Gasteiger charge is -2.22. The fourth-order valence-electron chi connectivity index (χ4n) is 3.52. The first kappa shape index (κ1) is 18.5. The van der Waals surface area contributed by atoms with Crippen LogP contribution in [0.25, 0.3) is 5.69 Å². The summed E-state index contributed by atoms with van der Waals surface area (Å²) in [6.07, 6.45) is 0. The number of rotatable bonds is 4. The molecule has 0 atom stereocenters. The molecular formula is C24H24N3P. The Balaban J connectivity index is 1.98. The lowest BCUT2D eigenvalue weighted by Crippen LogP contribution is -2.15. The van der Waals surface area contributed by atoms with Gasteiger partial charge < -0.3 is 0 Å². The highest BCUT2D eigenvalue weighted by molar-refractivity contribution is 7.80. The van der Waals surface area contributed by atoms with Gasteiger partial charge in [-0.3, -0.25) is 4.74 Å². The third-order valence-electron chi connectivity index (χ3n) is 4.95. The van der Waals surface area contributed by atoms with Crippen molar-refractivity contribution in [1.82, 2.24) is 9.78 Å². The quantitative estimate of drug-likeness (QED) is 0.420. The molecule has 3 nitrogen and oxygen atoms in total. The van der Waals surface area contributed by atoms with E-state index in [1.807, 2.05) is 23.7 Å². The van der Waals surface area contributed by atoms with E-state index in [-0.39, 0.29) is 0 Å². The van der Waals surface area contributed by atoms with Gasteiger partial charge in [-0.2, -0.15) is 5.10 Å². The molecular weight excluding hydrogens is 361 g/mol. The van der Waals surface area contributed by atoms with Gasteiger partial charge in [0.25, 0.3) is 0 Å². The number of hydrogen-bond donors (Lipinski definition) is 0. The van der Waals surface area contributed by atoms with E-state index in [0.29, 0.717) is 0 Å². The van der Waals surface area contributed by atoms with Gasteiger partial charge in [0, 0.05) is 12.7 Å². The summed E-state index contributed by atoms with van der Waals surface area (Å²) in [5, 5.41) is 7.22. The van der Waals surface area contributed by atoms with Gasteiger partial charge in [0.15, 0.2) is 0 Å². The average molecular weight is 385 g/mol. The average Bonchev–Trinajstić information content (AvgIpc) is 3.07. The maximum atomic E-state index is 5.41. The molecule has 0 saturated heterocycles. The van der Waals surface area contributed by atoms with Crippen molar-refractivity contribution in [2.24, 2.45) is 4.74 Å². The highest BCUT2D eigenvalue weighted by Crippen LogP contribution is 2.47. The Morgan fingerprint density at radius 3 is 1.82 bits per heavy atom. The predicted molar refractivity (Wildman–Crippen MR) is 120 cm³/mol. The molecule has 0 N–H and O–H groups in total. The minimum absolute atomic E-state index is 0.970. The fourth-order valence-corrected chi connectivity index (χ4v) is 6.15. The van der Waals surface area contributed by atoms with E-state index in [4.69, 9.17) is 4.74 Å². The van der Waals surface area contributed by atoms with E-state index >= 15 is 0 Å². The monoisotopic (exact) mass is 385 g/mol. The zero-order valence-corrected chi connectivity index (χ0v) is 17.3. The molecule has 0 fully saturated rings. The second-order valence-corrected chi connectivity index (χ2v) is 10.2. The van der Waals surface area contributed by atoms with E-state index in [1.54, 1.807) is 0 Å². The molecule has 140 valence electrons. The molecule has 0 bridgehead atoms. The maximum absolute atomic E-state index is 5.41. The van der Waals surface area contributed by atoms with Gasteiger partial charge >= 0.3 is 0 Å². The molecule has 1 heterocycles. The molecule has 28 heavy (non-hydrogen) atoms. The van der Waals surface area contributed by atoms with Gasteiger partial charge in [0.05, 0.1) is 17.1 Å². The van der Waals surface area contributed by atoms with Crippen LogP contribution >= 0.6 is 7.05 Å². The molecule has 0 spiro atoms. The number of aryl methyl sites for hydroxylation is 2. The zero-order chi connectivity index (χ0) is 19.6. The normalized spacial score (nSPS) is 11.4. The Bertz CT molecular complexity index is 1100. The molecule has 4 heteroatoms. The predicted octanol–water partition coefficient (Wildman–Crippen LogP) is 5.60. The molecule has 1 aromatic heterocycles. The van der Waals surface area contributed by atoms with Crippen LogP contribution in [0.1, 0.15) is 11.4 Å². The first-order chi connectivity index (χ1) is 13.6. The summed E-state index contributed by atoms with van der Waals surface area (Å²) in [4.78, 5) is 0. The lowest BCUT2D eigenvalue weighted by atomic mass is 10.2. The number of para-hydroxylation sites is 1. The Kier molecular flexibility index (Phi) is 5.02. The number of nitrogens with zero attached hydrogens (tertiary/aromatic N) is 3. The van der Waals surface area contributed by atoms with Crippen LogP contribution in [0.5, 0.6) is 0 Å². The van der Waals surface area contributed by atoms with Gasteiger partial charge in [-0.15, -0.1) is 0 Å². The van der Waals surface area contributed by atoms with E-state index in [1.165, 1.54) is 10.6 Å². The van der Waals surface area contributed by atoms with Gasteiger partial charge in [-0.05, 0) is 49.3 Å². The molecule has 0 radical (unpaired) electrons. The molecule has 0 amide bonds. The Hall–Kier alpha value is -2.90. The summed E-state index contributed by atoms with van der Waals surface area (Å²) >= 11 is 0. The summed E-state index contributed by atoms with van der Waals surface area (Å²) in [6, 6.07) is 31.6. The molecule has 4 aromatic rings. The minimum Gasteiger partial charge on any atom is -0.256 e. The Morgan fingerprint density at radius 1 is 0.750 bits per heavy atom. The SMILES string of the molecule is Cc1cc(C)n(-c2ccccc2N=P(C)(c2ccccc2)c2ccccc2)n1. The van der Waals surface area contributed by atoms with E-state index in [9.17, 15) is 0 Å². The molecule has 0 aliphatic heterocycles. The molecule has 0 saturated carbocycles. The smallest absolute Gasteiger partial charge is 0.0904 e.